The van der Waals surface area contributed by atoms with Gasteiger partial charge >= 0.3 is 0 Å². The molecular weight excluding hydrogens is 275 g/mol. The Morgan fingerprint density at radius 3 is 2.19 bits per heavy atom. The van der Waals surface area contributed by atoms with Crippen molar-refractivity contribution < 1.29 is 13.2 Å². The Hall–Kier alpha value is -1.19. The molecule has 0 bridgehead atoms. The Morgan fingerprint density at radius 2 is 1.62 bits per heavy atom. The number of nitrogens with one attached hydrogen (secondary N) is 1. The van der Waals surface area contributed by atoms with E-state index in [2.05, 4.69) is 26.1 Å². The molecule has 1 aromatic rings. The molecule has 0 amide bonds. The second-order valence-corrected chi connectivity index (χ2v) is 7.19. The summed E-state index contributed by atoms with van der Waals surface area (Å²) in [6, 6.07) is 2.21. The van der Waals surface area contributed by atoms with Gasteiger partial charge in [0.25, 0.3) is 0 Å². The smallest absolute Gasteiger partial charge is 0.196 e. The second kappa shape index (κ2) is 6.29. The zero-order valence-corrected chi connectivity index (χ0v) is 13.0. The Bertz CT molecular complexity index is 486. The fourth-order valence-corrected chi connectivity index (χ4v) is 3.15. The van der Waals surface area contributed by atoms with Crippen molar-refractivity contribution in [2.45, 2.75) is 46.5 Å². The second-order valence-electron chi connectivity index (χ2n) is 7.19. The van der Waals surface area contributed by atoms with Crippen molar-refractivity contribution in [3.05, 3.63) is 29.6 Å². The highest BCUT2D eigenvalue weighted by atomic mass is 19.2. The highest BCUT2D eigenvalue weighted by Crippen LogP contribution is 2.39. The maximum Gasteiger partial charge on any atom is 0.196 e. The van der Waals surface area contributed by atoms with Crippen LogP contribution in [0, 0.1) is 34.7 Å². The summed E-state index contributed by atoms with van der Waals surface area (Å²) in [7, 11) is 0. The molecule has 0 atom stereocenters. The normalized spacial score (nSPS) is 23.1. The molecule has 0 aliphatic heterocycles. The highest BCUT2D eigenvalue weighted by Gasteiger charge is 2.29. The van der Waals surface area contributed by atoms with Gasteiger partial charge in [-0.1, -0.05) is 20.8 Å². The molecule has 2 rings (SSSR count). The molecule has 1 aliphatic rings. The maximum absolute atomic E-state index is 13.6. The average molecular weight is 299 g/mol. The first-order valence-electron chi connectivity index (χ1n) is 7.66. The molecule has 0 radical (unpaired) electrons. The van der Waals surface area contributed by atoms with Gasteiger partial charge in [-0.3, -0.25) is 0 Å². The van der Waals surface area contributed by atoms with Gasteiger partial charge in [-0.05, 0) is 55.1 Å². The van der Waals surface area contributed by atoms with Crippen molar-refractivity contribution >= 4 is 5.69 Å². The summed E-state index contributed by atoms with van der Waals surface area (Å²) in [5.74, 6) is -2.48. The monoisotopic (exact) mass is 299 g/mol. The van der Waals surface area contributed by atoms with E-state index in [1.165, 1.54) is 18.9 Å². The quantitative estimate of drug-likeness (QED) is 0.740. The molecular formula is C17H24F3N. The standard InChI is InChI=1S/C17H24F3N/c1-17(2,3)12-6-4-11(5-7-12)10-21-14-9-8-13(18)15(19)16(14)20/h8-9,11-12,21H,4-7,10H2,1-3H3. The van der Waals surface area contributed by atoms with Crippen LogP contribution in [-0.2, 0) is 0 Å². The molecule has 0 spiro atoms. The van der Waals surface area contributed by atoms with Crippen LogP contribution in [0.3, 0.4) is 0 Å². The van der Waals surface area contributed by atoms with Crippen molar-refractivity contribution in [2.24, 2.45) is 17.3 Å². The van der Waals surface area contributed by atoms with Crippen LogP contribution in [0.4, 0.5) is 18.9 Å². The zero-order valence-electron chi connectivity index (χ0n) is 13.0. The molecule has 1 nitrogen and oxygen atoms in total. The van der Waals surface area contributed by atoms with Gasteiger partial charge in [0.1, 0.15) is 0 Å². The molecule has 0 heterocycles. The number of halogens is 3. The Morgan fingerprint density at radius 1 is 1.00 bits per heavy atom. The number of rotatable bonds is 3. The van der Waals surface area contributed by atoms with Crippen molar-refractivity contribution in [3.63, 3.8) is 0 Å². The van der Waals surface area contributed by atoms with Crippen LogP contribution in [0.5, 0.6) is 0 Å². The van der Waals surface area contributed by atoms with Crippen molar-refractivity contribution in [1.29, 1.82) is 0 Å². The van der Waals surface area contributed by atoms with E-state index >= 15 is 0 Å². The van der Waals surface area contributed by atoms with Crippen LogP contribution < -0.4 is 5.32 Å². The lowest BCUT2D eigenvalue weighted by Gasteiger charge is -2.37. The van der Waals surface area contributed by atoms with Gasteiger partial charge in [0, 0.05) is 6.54 Å². The van der Waals surface area contributed by atoms with Crippen LogP contribution in [0.15, 0.2) is 12.1 Å². The summed E-state index contributed by atoms with van der Waals surface area (Å²) in [4.78, 5) is 0. The van der Waals surface area contributed by atoms with Crippen LogP contribution in [0.2, 0.25) is 0 Å². The van der Waals surface area contributed by atoms with Gasteiger partial charge in [0.2, 0.25) is 0 Å². The van der Waals surface area contributed by atoms with E-state index < -0.39 is 17.5 Å². The largest absolute Gasteiger partial charge is 0.382 e. The van der Waals surface area contributed by atoms with Crippen LogP contribution >= 0.6 is 0 Å². The van der Waals surface area contributed by atoms with Crippen LogP contribution in [0.25, 0.3) is 0 Å². The van der Waals surface area contributed by atoms with Crippen molar-refractivity contribution in [3.8, 4) is 0 Å². The molecule has 1 aliphatic carbocycles. The molecule has 0 saturated heterocycles. The molecule has 0 unspecified atom stereocenters. The molecule has 1 fully saturated rings. The minimum absolute atomic E-state index is 0.0480. The zero-order chi connectivity index (χ0) is 15.6. The van der Waals surface area contributed by atoms with Crippen LogP contribution in [0.1, 0.15) is 46.5 Å². The van der Waals surface area contributed by atoms with Crippen molar-refractivity contribution in [1.82, 2.24) is 0 Å². The summed E-state index contributed by atoms with van der Waals surface area (Å²) in [5, 5.41) is 2.92. The van der Waals surface area contributed by atoms with Gasteiger partial charge in [0.05, 0.1) is 5.69 Å². The first-order chi connectivity index (χ1) is 9.79. The third-order valence-electron chi connectivity index (χ3n) is 4.69. The fraction of sp³-hybridized carbons (Fsp3) is 0.647. The first-order valence-corrected chi connectivity index (χ1v) is 7.66. The van der Waals surface area contributed by atoms with Gasteiger partial charge in [-0.25, -0.2) is 13.2 Å². The number of hydrogen-bond donors (Lipinski definition) is 1. The van der Waals surface area contributed by atoms with E-state index in [0.29, 0.717) is 17.9 Å². The molecule has 4 heteroatoms. The van der Waals surface area contributed by atoms with E-state index in [1.807, 2.05) is 0 Å². The Labute approximate surface area is 124 Å². The Kier molecular flexibility index (Phi) is 4.84. The summed E-state index contributed by atoms with van der Waals surface area (Å²) >= 11 is 0. The minimum atomic E-state index is -1.41. The third-order valence-corrected chi connectivity index (χ3v) is 4.69. The SMILES string of the molecule is CC(C)(C)C1CCC(CNc2ccc(F)c(F)c2F)CC1. The number of hydrogen-bond acceptors (Lipinski definition) is 1. The summed E-state index contributed by atoms with van der Waals surface area (Å²) in [6.45, 7) is 7.42. The predicted molar refractivity (Wildman–Crippen MR) is 79.7 cm³/mol. The minimum Gasteiger partial charge on any atom is -0.382 e. The molecule has 1 N–H and O–H groups in total. The summed E-state index contributed by atoms with van der Waals surface area (Å²) < 4.78 is 39.6. The van der Waals surface area contributed by atoms with E-state index in [4.69, 9.17) is 0 Å². The highest BCUT2D eigenvalue weighted by molar-refractivity contribution is 5.45. The van der Waals surface area contributed by atoms with Gasteiger partial charge in [-0.2, -0.15) is 0 Å². The lowest BCUT2D eigenvalue weighted by molar-refractivity contribution is 0.153. The van der Waals surface area contributed by atoms with E-state index in [-0.39, 0.29) is 5.69 Å². The molecule has 21 heavy (non-hydrogen) atoms. The summed E-state index contributed by atoms with van der Waals surface area (Å²) in [6.07, 6.45) is 4.55. The molecule has 118 valence electrons. The molecule has 1 aromatic carbocycles. The Balaban J connectivity index is 1.87. The maximum atomic E-state index is 13.6. The average Bonchev–Trinajstić information content (AvgIpc) is 2.43. The molecule has 1 saturated carbocycles. The number of benzene rings is 1. The van der Waals surface area contributed by atoms with E-state index in [1.54, 1.807) is 0 Å². The van der Waals surface area contributed by atoms with E-state index in [9.17, 15) is 13.2 Å². The first kappa shape index (κ1) is 16.2. The number of anilines is 1. The third kappa shape index (κ3) is 3.92. The van der Waals surface area contributed by atoms with Gasteiger partial charge in [-0.15, -0.1) is 0 Å². The lowest BCUT2D eigenvalue weighted by atomic mass is 9.70. The van der Waals surface area contributed by atoms with Crippen molar-refractivity contribution in [2.75, 3.05) is 11.9 Å². The van der Waals surface area contributed by atoms with Crippen LogP contribution in [-0.4, -0.2) is 6.54 Å². The molecule has 0 aromatic heterocycles. The lowest BCUT2D eigenvalue weighted by Crippen LogP contribution is -2.28. The van der Waals surface area contributed by atoms with Gasteiger partial charge in [0.15, 0.2) is 17.5 Å². The summed E-state index contributed by atoms with van der Waals surface area (Å²) in [5.41, 5.74) is 0.386. The predicted octanol–water partition coefficient (Wildman–Crippen LogP) is 5.37. The van der Waals surface area contributed by atoms with Gasteiger partial charge < -0.3 is 5.32 Å². The topological polar surface area (TPSA) is 12.0 Å². The fourth-order valence-electron chi connectivity index (χ4n) is 3.15. The van der Waals surface area contributed by atoms with E-state index in [0.717, 1.165) is 24.8 Å².